The quantitative estimate of drug-likeness (QED) is 0.585. The molecule has 0 aliphatic rings. The van der Waals surface area contributed by atoms with Crippen molar-refractivity contribution in [3.63, 3.8) is 0 Å². The summed E-state index contributed by atoms with van der Waals surface area (Å²) in [4.78, 5) is 1.09. The Bertz CT molecular complexity index is 294. The number of thioether (sulfide) groups is 1. The zero-order chi connectivity index (χ0) is 9.68. The zero-order valence-electron chi connectivity index (χ0n) is 7.79. The average Bonchev–Trinajstić information content (AvgIpc) is 2.14. The molecule has 1 N–H and O–H groups in total. The summed E-state index contributed by atoms with van der Waals surface area (Å²) < 4.78 is 0. The predicted octanol–water partition coefficient (Wildman–Crippen LogP) is 3.45. The SMILES string of the molecule is C=C(CC)CSc1cccc(O)c1. The van der Waals surface area contributed by atoms with E-state index in [1.54, 1.807) is 23.9 Å². The second kappa shape index (κ2) is 4.97. The molecule has 0 aliphatic carbocycles. The maximum atomic E-state index is 9.20. The highest BCUT2D eigenvalue weighted by molar-refractivity contribution is 7.99. The van der Waals surface area contributed by atoms with Crippen LogP contribution in [0.2, 0.25) is 0 Å². The second-order valence-electron chi connectivity index (χ2n) is 2.89. The van der Waals surface area contributed by atoms with Crippen molar-refractivity contribution in [3.8, 4) is 5.75 Å². The monoisotopic (exact) mass is 194 g/mol. The van der Waals surface area contributed by atoms with Crippen LogP contribution in [0.15, 0.2) is 41.3 Å². The highest BCUT2D eigenvalue weighted by Crippen LogP contribution is 2.23. The Morgan fingerprint density at radius 1 is 1.54 bits per heavy atom. The molecule has 2 heteroatoms. The molecule has 1 aromatic carbocycles. The molecule has 1 rings (SSSR count). The third kappa shape index (κ3) is 3.55. The van der Waals surface area contributed by atoms with Crippen LogP contribution in [0.1, 0.15) is 13.3 Å². The van der Waals surface area contributed by atoms with Gasteiger partial charge in [0.25, 0.3) is 0 Å². The fourth-order valence-corrected chi connectivity index (χ4v) is 1.81. The van der Waals surface area contributed by atoms with Crippen LogP contribution in [-0.4, -0.2) is 10.9 Å². The molecule has 0 saturated carbocycles. The minimum absolute atomic E-state index is 0.326. The number of hydrogen-bond donors (Lipinski definition) is 1. The first kappa shape index (κ1) is 10.2. The minimum Gasteiger partial charge on any atom is -0.508 e. The summed E-state index contributed by atoms with van der Waals surface area (Å²) in [5.74, 6) is 1.26. The normalized spacial score (nSPS) is 9.92. The molecule has 0 amide bonds. The standard InChI is InChI=1S/C11H14OS/c1-3-9(2)8-13-11-6-4-5-10(12)7-11/h4-7,12H,2-3,8H2,1H3. The van der Waals surface area contributed by atoms with E-state index in [4.69, 9.17) is 0 Å². The number of aromatic hydroxyl groups is 1. The van der Waals surface area contributed by atoms with E-state index < -0.39 is 0 Å². The maximum absolute atomic E-state index is 9.20. The summed E-state index contributed by atoms with van der Waals surface area (Å²) in [6.07, 6.45) is 1.02. The Labute approximate surface area is 83.5 Å². The molecule has 0 bridgehead atoms. The van der Waals surface area contributed by atoms with Crippen molar-refractivity contribution in [2.45, 2.75) is 18.2 Å². The van der Waals surface area contributed by atoms with E-state index in [2.05, 4.69) is 13.5 Å². The fraction of sp³-hybridized carbons (Fsp3) is 0.273. The lowest BCUT2D eigenvalue weighted by Gasteiger charge is -2.02. The molecular formula is C11H14OS. The molecule has 0 heterocycles. The van der Waals surface area contributed by atoms with Crippen molar-refractivity contribution in [2.75, 3.05) is 5.75 Å². The Kier molecular flexibility index (Phi) is 3.90. The van der Waals surface area contributed by atoms with Gasteiger partial charge in [-0.25, -0.2) is 0 Å². The number of phenolic OH excluding ortho intramolecular Hbond substituents is 1. The first-order valence-corrected chi connectivity index (χ1v) is 5.29. The van der Waals surface area contributed by atoms with E-state index in [0.717, 1.165) is 17.1 Å². The lowest BCUT2D eigenvalue weighted by atomic mass is 10.3. The van der Waals surface area contributed by atoms with Crippen LogP contribution in [0.3, 0.4) is 0 Å². The average molecular weight is 194 g/mol. The zero-order valence-corrected chi connectivity index (χ0v) is 8.60. The van der Waals surface area contributed by atoms with E-state index in [-0.39, 0.29) is 0 Å². The van der Waals surface area contributed by atoms with Gasteiger partial charge in [-0.3, -0.25) is 0 Å². The van der Waals surface area contributed by atoms with Crippen LogP contribution >= 0.6 is 11.8 Å². The first-order chi connectivity index (χ1) is 6.22. The van der Waals surface area contributed by atoms with Crippen molar-refractivity contribution in [1.82, 2.24) is 0 Å². The molecule has 0 spiro atoms. The molecule has 1 nitrogen and oxygen atoms in total. The van der Waals surface area contributed by atoms with Crippen LogP contribution in [0.5, 0.6) is 5.75 Å². The highest BCUT2D eigenvalue weighted by atomic mass is 32.2. The van der Waals surface area contributed by atoms with E-state index in [1.165, 1.54) is 5.57 Å². The lowest BCUT2D eigenvalue weighted by molar-refractivity contribution is 0.474. The summed E-state index contributed by atoms with van der Waals surface area (Å²) in [5, 5.41) is 9.20. The molecule has 1 aromatic rings. The van der Waals surface area contributed by atoms with E-state index in [1.807, 2.05) is 12.1 Å². The predicted molar refractivity (Wildman–Crippen MR) is 58.3 cm³/mol. The van der Waals surface area contributed by atoms with Crippen LogP contribution < -0.4 is 0 Å². The first-order valence-electron chi connectivity index (χ1n) is 4.31. The van der Waals surface area contributed by atoms with Crippen LogP contribution in [-0.2, 0) is 0 Å². The summed E-state index contributed by atoms with van der Waals surface area (Å²) in [5.41, 5.74) is 1.23. The van der Waals surface area contributed by atoms with E-state index in [0.29, 0.717) is 5.75 Å². The van der Waals surface area contributed by atoms with Gasteiger partial charge in [0.15, 0.2) is 0 Å². The van der Waals surface area contributed by atoms with Crippen LogP contribution in [0.25, 0.3) is 0 Å². The van der Waals surface area contributed by atoms with Gasteiger partial charge in [0, 0.05) is 10.6 Å². The molecule has 13 heavy (non-hydrogen) atoms. The molecular weight excluding hydrogens is 180 g/mol. The summed E-state index contributed by atoms with van der Waals surface area (Å²) in [6, 6.07) is 7.30. The van der Waals surface area contributed by atoms with Gasteiger partial charge in [0.2, 0.25) is 0 Å². The van der Waals surface area contributed by atoms with Crippen molar-refractivity contribution in [2.24, 2.45) is 0 Å². The molecule has 0 aromatic heterocycles. The maximum Gasteiger partial charge on any atom is 0.116 e. The smallest absolute Gasteiger partial charge is 0.116 e. The summed E-state index contributed by atoms with van der Waals surface area (Å²) >= 11 is 1.71. The van der Waals surface area contributed by atoms with Gasteiger partial charge in [-0.1, -0.05) is 25.1 Å². The van der Waals surface area contributed by atoms with Crippen LogP contribution in [0.4, 0.5) is 0 Å². The minimum atomic E-state index is 0.326. The van der Waals surface area contributed by atoms with Crippen molar-refractivity contribution < 1.29 is 5.11 Å². The van der Waals surface area contributed by atoms with E-state index in [9.17, 15) is 5.11 Å². The van der Waals surface area contributed by atoms with Gasteiger partial charge in [0.05, 0.1) is 0 Å². The molecule has 0 unspecified atom stereocenters. The Balaban J connectivity index is 2.50. The van der Waals surface area contributed by atoms with Gasteiger partial charge < -0.3 is 5.11 Å². The van der Waals surface area contributed by atoms with Gasteiger partial charge >= 0.3 is 0 Å². The number of rotatable bonds is 4. The summed E-state index contributed by atoms with van der Waals surface area (Å²) in [7, 11) is 0. The molecule has 0 aliphatic heterocycles. The van der Waals surface area contributed by atoms with Gasteiger partial charge in [0.1, 0.15) is 5.75 Å². The number of benzene rings is 1. The fourth-order valence-electron chi connectivity index (χ4n) is 0.861. The topological polar surface area (TPSA) is 20.2 Å². The second-order valence-corrected chi connectivity index (χ2v) is 3.94. The Morgan fingerprint density at radius 2 is 2.31 bits per heavy atom. The van der Waals surface area contributed by atoms with Crippen LogP contribution in [0, 0.1) is 0 Å². The lowest BCUT2D eigenvalue weighted by Crippen LogP contribution is -1.82. The molecule has 0 fully saturated rings. The Hall–Kier alpha value is -0.890. The number of hydrogen-bond acceptors (Lipinski definition) is 2. The van der Waals surface area contributed by atoms with Crippen molar-refractivity contribution >= 4 is 11.8 Å². The van der Waals surface area contributed by atoms with E-state index >= 15 is 0 Å². The third-order valence-corrected chi connectivity index (χ3v) is 2.90. The molecule has 0 radical (unpaired) electrons. The Morgan fingerprint density at radius 3 is 2.92 bits per heavy atom. The van der Waals surface area contributed by atoms with Crippen molar-refractivity contribution in [3.05, 3.63) is 36.4 Å². The highest BCUT2D eigenvalue weighted by Gasteiger charge is 1.96. The van der Waals surface area contributed by atoms with Gasteiger partial charge in [-0.2, -0.15) is 0 Å². The summed E-state index contributed by atoms with van der Waals surface area (Å²) in [6.45, 7) is 6.03. The van der Waals surface area contributed by atoms with Crippen molar-refractivity contribution in [1.29, 1.82) is 0 Å². The molecule has 0 atom stereocenters. The molecule has 0 saturated heterocycles. The molecule has 70 valence electrons. The third-order valence-electron chi connectivity index (χ3n) is 1.76. The number of phenols is 1. The van der Waals surface area contributed by atoms with Gasteiger partial charge in [-0.05, 0) is 24.6 Å². The largest absolute Gasteiger partial charge is 0.508 e. The van der Waals surface area contributed by atoms with Gasteiger partial charge in [-0.15, -0.1) is 11.8 Å².